The standard InChI is InChI=1S/C21H19ClF3N5O/c1-12-4-6-14(7-5-12)15-9-16(21(23,24)25)30-19(28-15)17(22)18(29-30)20(31)27-11-13-3-2-8-26-10-13/h2-8,10,15-16,28H,9,11H2,1H3,(H,27,31). The zero-order valence-electron chi connectivity index (χ0n) is 16.4. The van der Waals surface area contributed by atoms with E-state index in [-0.39, 0.29) is 29.5 Å². The SMILES string of the molecule is Cc1ccc(C2CC(C(F)(F)F)n3nc(C(=O)NCc4cccnc4)c(Cl)c3N2)cc1. The number of halogens is 4. The Morgan fingerprint density at radius 2 is 2.03 bits per heavy atom. The molecule has 3 aromatic rings. The van der Waals surface area contributed by atoms with Crippen LogP contribution in [0, 0.1) is 6.92 Å². The van der Waals surface area contributed by atoms with Crippen molar-refractivity contribution in [1.82, 2.24) is 20.1 Å². The highest BCUT2D eigenvalue weighted by atomic mass is 35.5. The first-order chi connectivity index (χ1) is 14.7. The molecule has 2 unspecified atom stereocenters. The Labute approximate surface area is 181 Å². The van der Waals surface area contributed by atoms with Gasteiger partial charge in [0.25, 0.3) is 5.91 Å². The first-order valence-electron chi connectivity index (χ1n) is 9.59. The van der Waals surface area contributed by atoms with Crippen molar-refractivity contribution in [2.24, 2.45) is 0 Å². The number of hydrogen-bond acceptors (Lipinski definition) is 4. The number of aryl methyl sites for hydroxylation is 1. The number of nitrogens with one attached hydrogen (secondary N) is 2. The van der Waals surface area contributed by atoms with Crippen LogP contribution in [-0.4, -0.2) is 26.8 Å². The van der Waals surface area contributed by atoms with Crippen molar-refractivity contribution < 1.29 is 18.0 Å². The molecule has 2 aromatic heterocycles. The minimum atomic E-state index is -4.56. The van der Waals surface area contributed by atoms with E-state index < -0.39 is 24.2 Å². The van der Waals surface area contributed by atoms with Crippen LogP contribution in [0.25, 0.3) is 0 Å². The molecule has 0 radical (unpaired) electrons. The lowest BCUT2D eigenvalue weighted by Gasteiger charge is -2.33. The van der Waals surface area contributed by atoms with Crippen LogP contribution in [0.2, 0.25) is 5.02 Å². The van der Waals surface area contributed by atoms with Crippen LogP contribution in [0.15, 0.2) is 48.8 Å². The van der Waals surface area contributed by atoms with Crippen LogP contribution in [0.1, 0.15) is 45.7 Å². The minimum absolute atomic E-state index is 0.0210. The number of aromatic nitrogens is 3. The topological polar surface area (TPSA) is 71.8 Å². The molecular weight excluding hydrogens is 431 g/mol. The van der Waals surface area contributed by atoms with E-state index in [1.54, 1.807) is 36.7 Å². The van der Waals surface area contributed by atoms with Gasteiger partial charge in [0, 0.05) is 25.4 Å². The third-order valence-electron chi connectivity index (χ3n) is 5.17. The van der Waals surface area contributed by atoms with Crippen molar-refractivity contribution in [2.75, 3.05) is 5.32 Å². The van der Waals surface area contributed by atoms with Crippen molar-refractivity contribution in [3.8, 4) is 0 Å². The molecule has 1 amide bonds. The summed E-state index contributed by atoms with van der Waals surface area (Å²) in [6, 6.07) is 8.18. The van der Waals surface area contributed by atoms with Gasteiger partial charge in [-0.05, 0) is 24.1 Å². The normalized spacial score (nSPS) is 18.2. The summed E-state index contributed by atoms with van der Waals surface area (Å²) >= 11 is 6.33. The number of anilines is 1. The molecule has 10 heteroatoms. The Balaban J connectivity index is 1.64. The highest BCUT2D eigenvalue weighted by Crippen LogP contribution is 2.46. The van der Waals surface area contributed by atoms with Gasteiger partial charge in [0.1, 0.15) is 10.8 Å². The first-order valence-corrected chi connectivity index (χ1v) is 9.96. The van der Waals surface area contributed by atoms with E-state index >= 15 is 0 Å². The highest BCUT2D eigenvalue weighted by Gasteiger charge is 2.47. The maximum Gasteiger partial charge on any atom is 0.410 e. The second kappa shape index (κ2) is 8.22. The molecule has 0 aliphatic carbocycles. The van der Waals surface area contributed by atoms with E-state index in [0.29, 0.717) is 5.56 Å². The molecule has 0 fully saturated rings. The zero-order valence-corrected chi connectivity index (χ0v) is 17.2. The number of alkyl halides is 3. The van der Waals surface area contributed by atoms with Crippen molar-refractivity contribution in [2.45, 2.75) is 38.1 Å². The molecule has 0 saturated heterocycles. The number of benzene rings is 1. The summed E-state index contributed by atoms with van der Waals surface area (Å²) in [4.78, 5) is 16.6. The number of pyridine rings is 1. The van der Waals surface area contributed by atoms with Crippen LogP contribution >= 0.6 is 11.6 Å². The van der Waals surface area contributed by atoms with E-state index in [1.807, 2.05) is 19.1 Å². The predicted molar refractivity (Wildman–Crippen MR) is 110 cm³/mol. The van der Waals surface area contributed by atoms with Gasteiger partial charge in [-0.2, -0.15) is 18.3 Å². The van der Waals surface area contributed by atoms with Gasteiger partial charge in [-0.3, -0.25) is 9.78 Å². The summed E-state index contributed by atoms with van der Waals surface area (Å²) in [5.74, 6) is -0.683. The zero-order chi connectivity index (χ0) is 22.2. The van der Waals surface area contributed by atoms with Crippen molar-refractivity contribution in [3.63, 3.8) is 0 Å². The van der Waals surface area contributed by atoms with Gasteiger partial charge in [-0.15, -0.1) is 0 Å². The first kappa shape index (κ1) is 21.2. The maximum atomic E-state index is 13.8. The molecule has 162 valence electrons. The van der Waals surface area contributed by atoms with Gasteiger partial charge in [0.2, 0.25) is 0 Å². The van der Waals surface area contributed by atoms with Crippen LogP contribution in [0.3, 0.4) is 0 Å². The molecule has 31 heavy (non-hydrogen) atoms. The Hall–Kier alpha value is -3.07. The van der Waals surface area contributed by atoms with Gasteiger partial charge in [0.15, 0.2) is 11.7 Å². The molecular formula is C21H19ClF3N5O. The Bertz CT molecular complexity index is 1080. The van der Waals surface area contributed by atoms with Gasteiger partial charge in [-0.1, -0.05) is 47.5 Å². The number of amides is 1. The van der Waals surface area contributed by atoms with E-state index in [4.69, 9.17) is 11.6 Å². The lowest BCUT2D eigenvalue weighted by atomic mass is 9.96. The van der Waals surface area contributed by atoms with Crippen LogP contribution in [-0.2, 0) is 6.54 Å². The molecule has 0 bridgehead atoms. The maximum absolute atomic E-state index is 13.8. The van der Waals surface area contributed by atoms with Crippen molar-refractivity contribution >= 4 is 23.3 Å². The van der Waals surface area contributed by atoms with Gasteiger partial charge >= 0.3 is 6.18 Å². The number of carbonyl (C=O) groups excluding carboxylic acids is 1. The number of carbonyl (C=O) groups is 1. The van der Waals surface area contributed by atoms with E-state index in [2.05, 4.69) is 20.7 Å². The molecule has 1 aliphatic rings. The van der Waals surface area contributed by atoms with Crippen LogP contribution in [0.4, 0.5) is 19.0 Å². The largest absolute Gasteiger partial charge is 0.410 e. The quantitative estimate of drug-likeness (QED) is 0.598. The molecule has 0 saturated carbocycles. The summed E-state index contributed by atoms with van der Waals surface area (Å²) in [7, 11) is 0. The second-order valence-electron chi connectivity index (χ2n) is 7.40. The smallest absolute Gasteiger partial charge is 0.362 e. The number of hydrogen-bond donors (Lipinski definition) is 2. The number of rotatable bonds is 4. The van der Waals surface area contributed by atoms with Crippen LogP contribution in [0.5, 0.6) is 0 Å². The molecule has 6 nitrogen and oxygen atoms in total. The molecule has 2 N–H and O–H groups in total. The number of nitrogens with zero attached hydrogens (tertiary/aromatic N) is 3. The summed E-state index contributed by atoms with van der Waals surface area (Å²) in [6.45, 7) is 2.05. The van der Waals surface area contributed by atoms with Gasteiger partial charge in [-0.25, -0.2) is 4.68 Å². The van der Waals surface area contributed by atoms with Gasteiger partial charge in [0.05, 0.1) is 6.04 Å². The van der Waals surface area contributed by atoms with E-state index in [1.165, 1.54) is 0 Å². The third-order valence-corrected chi connectivity index (χ3v) is 5.52. The van der Waals surface area contributed by atoms with Gasteiger partial charge < -0.3 is 10.6 Å². The predicted octanol–water partition coefficient (Wildman–Crippen LogP) is 4.83. The summed E-state index contributed by atoms with van der Waals surface area (Å²) < 4.78 is 42.3. The Morgan fingerprint density at radius 3 is 2.68 bits per heavy atom. The fourth-order valence-corrected chi connectivity index (χ4v) is 3.79. The molecule has 0 spiro atoms. The summed E-state index contributed by atoms with van der Waals surface area (Å²) in [6.07, 6.45) is -1.65. The Kier molecular flexibility index (Phi) is 5.62. The highest BCUT2D eigenvalue weighted by molar-refractivity contribution is 6.36. The molecule has 3 heterocycles. The lowest BCUT2D eigenvalue weighted by Crippen LogP contribution is -2.35. The average Bonchev–Trinajstić information content (AvgIpc) is 3.08. The minimum Gasteiger partial charge on any atom is -0.362 e. The van der Waals surface area contributed by atoms with E-state index in [0.717, 1.165) is 15.8 Å². The van der Waals surface area contributed by atoms with E-state index in [9.17, 15) is 18.0 Å². The summed E-state index contributed by atoms with van der Waals surface area (Å²) in [5, 5.41) is 9.43. The monoisotopic (exact) mass is 449 g/mol. The molecule has 4 rings (SSSR count). The third kappa shape index (κ3) is 4.36. The fraction of sp³-hybridized carbons (Fsp3) is 0.286. The lowest BCUT2D eigenvalue weighted by molar-refractivity contribution is -0.173. The van der Waals surface area contributed by atoms with Crippen molar-refractivity contribution in [3.05, 3.63) is 76.2 Å². The number of fused-ring (bicyclic) bond motifs is 1. The molecule has 2 atom stereocenters. The fourth-order valence-electron chi connectivity index (χ4n) is 3.52. The Morgan fingerprint density at radius 1 is 1.29 bits per heavy atom. The average molecular weight is 450 g/mol. The van der Waals surface area contributed by atoms with Crippen LogP contribution < -0.4 is 10.6 Å². The van der Waals surface area contributed by atoms with Crippen molar-refractivity contribution in [1.29, 1.82) is 0 Å². The summed E-state index contributed by atoms with van der Waals surface area (Å²) in [5.41, 5.74) is 2.18. The molecule has 1 aromatic carbocycles. The molecule has 1 aliphatic heterocycles. The second-order valence-corrected chi connectivity index (χ2v) is 7.78.